The van der Waals surface area contributed by atoms with Crippen molar-refractivity contribution in [1.82, 2.24) is 4.98 Å². The van der Waals surface area contributed by atoms with Crippen molar-refractivity contribution in [3.05, 3.63) is 22.2 Å². The molecule has 0 amide bonds. The average molecular weight is 267 g/mol. The Bertz CT molecular complexity index is 424. The lowest BCUT2D eigenvalue weighted by Crippen LogP contribution is -2.14. The summed E-state index contributed by atoms with van der Waals surface area (Å²) in [5, 5.41) is 14.0. The molecule has 0 aliphatic heterocycles. The summed E-state index contributed by atoms with van der Waals surface area (Å²) in [6.45, 7) is 6.75. The molecule has 6 nitrogen and oxygen atoms in total. The van der Waals surface area contributed by atoms with Crippen LogP contribution in [0.4, 0.5) is 11.5 Å². The molecule has 0 aliphatic rings. The summed E-state index contributed by atoms with van der Waals surface area (Å²) in [5.41, 5.74) is -0.0926. The van der Waals surface area contributed by atoms with Crippen molar-refractivity contribution in [2.75, 3.05) is 11.9 Å². The molecule has 0 saturated carbocycles. The fraction of sp³-hybridized carbons (Fsp3) is 0.615. The molecule has 1 atom stereocenters. The third-order valence-electron chi connectivity index (χ3n) is 2.60. The van der Waals surface area contributed by atoms with Gasteiger partial charge in [-0.05, 0) is 25.8 Å². The predicted octanol–water partition coefficient (Wildman–Crippen LogP) is 3.38. The Kier molecular flexibility index (Phi) is 6.05. The number of aromatic nitrogens is 1. The minimum atomic E-state index is -0.468. The largest absolute Gasteiger partial charge is 0.470 e. The third kappa shape index (κ3) is 4.73. The summed E-state index contributed by atoms with van der Waals surface area (Å²) in [5.74, 6) is 0.693. The highest BCUT2D eigenvalue weighted by Crippen LogP contribution is 2.27. The van der Waals surface area contributed by atoms with Crippen molar-refractivity contribution in [3.63, 3.8) is 0 Å². The highest BCUT2D eigenvalue weighted by Gasteiger charge is 2.19. The molecule has 1 N–H and O–H groups in total. The van der Waals surface area contributed by atoms with E-state index in [-0.39, 0.29) is 17.7 Å². The van der Waals surface area contributed by atoms with Crippen molar-refractivity contribution in [3.8, 4) is 5.88 Å². The lowest BCUT2D eigenvalue weighted by atomic mass is 10.2. The zero-order chi connectivity index (χ0) is 14.3. The number of hydrogen-bond donors (Lipinski definition) is 1. The Labute approximate surface area is 113 Å². The molecule has 0 aromatic carbocycles. The third-order valence-corrected chi connectivity index (χ3v) is 2.60. The fourth-order valence-corrected chi connectivity index (χ4v) is 1.67. The maximum Gasteiger partial charge on any atom is 0.331 e. The van der Waals surface area contributed by atoms with Gasteiger partial charge in [0, 0.05) is 12.6 Å². The summed E-state index contributed by atoms with van der Waals surface area (Å²) in [4.78, 5) is 14.7. The van der Waals surface area contributed by atoms with Gasteiger partial charge in [0.2, 0.25) is 0 Å². The minimum Gasteiger partial charge on any atom is -0.470 e. The van der Waals surface area contributed by atoms with E-state index in [0.717, 1.165) is 25.8 Å². The SMILES string of the molecule is CCCNc1ccc([N+](=O)[O-])c(OC(C)CCC)n1. The van der Waals surface area contributed by atoms with Gasteiger partial charge in [0.25, 0.3) is 5.88 Å². The van der Waals surface area contributed by atoms with Crippen molar-refractivity contribution in [2.45, 2.75) is 46.1 Å². The minimum absolute atomic E-state index is 0.0855. The van der Waals surface area contributed by atoms with Gasteiger partial charge >= 0.3 is 5.69 Å². The van der Waals surface area contributed by atoms with Gasteiger partial charge in [-0.1, -0.05) is 20.3 Å². The van der Waals surface area contributed by atoms with Crippen LogP contribution in [0.15, 0.2) is 12.1 Å². The summed E-state index contributed by atoms with van der Waals surface area (Å²) in [7, 11) is 0. The molecule has 0 spiro atoms. The Morgan fingerprint density at radius 1 is 1.42 bits per heavy atom. The number of hydrogen-bond acceptors (Lipinski definition) is 5. The first kappa shape index (κ1) is 15.2. The number of ether oxygens (including phenoxy) is 1. The van der Waals surface area contributed by atoms with E-state index in [9.17, 15) is 10.1 Å². The number of nitrogens with zero attached hydrogens (tertiary/aromatic N) is 2. The number of nitrogens with one attached hydrogen (secondary N) is 1. The van der Waals surface area contributed by atoms with Crippen molar-refractivity contribution in [1.29, 1.82) is 0 Å². The van der Waals surface area contributed by atoms with Gasteiger partial charge in [-0.2, -0.15) is 4.98 Å². The fourth-order valence-electron chi connectivity index (χ4n) is 1.67. The summed E-state index contributed by atoms with van der Waals surface area (Å²) in [6, 6.07) is 3.03. The van der Waals surface area contributed by atoms with Gasteiger partial charge in [0.1, 0.15) is 5.82 Å². The molecule has 0 bridgehead atoms. The summed E-state index contributed by atoms with van der Waals surface area (Å²) in [6.07, 6.45) is 2.67. The van der Waals surface area contributed by atoms with Crippen molar-refractivity contribution in [2.24, 2.45) is 0 Å². The van der Waals surface area contributed by atoms with E-state index in [2.05, 4.69) is 10.3 Å². The first-order valence-electron chi connectivity index (χ1n) is 6.64. The van der Waals surface area contributed by atoms with Crippen molar-refractivity contribution < 1.29 is 9.66 Å². The maximum atomic E-state index is 11.0. The van der Waals surface area contributed by atoms with Crippen LogP contribution < -0.4 is 10.1 Å². The van der Waals surface area contributed by atoms with Gasteiger partial charge in [-0.3, -0.25) is 10.1 Å². The van der Waals surface area contributed by atoms with Crippen LogP contribution in [0.5, 0.6) is 5.88 Å². The maximum absolute atomic E-state index is 11.0. The monoisotopic (exact) mass is 267 g/mol. The molecular formula is C13H21N3O3. The normalized spacial score (nSPS) is 11.9. The van der Waals surface area contributed by atoms with Gasteiger partial charge in [-0.15, -0.1) is 0 Å². The molecule has 1 aromatic heterocycles. The van der Waals surface area contributed by atoms with E-state index in [4.69, 9.17) is 4.74 Å². The number of pyridine rings is 1. The number of nitro groups is 1. The molecule has 6 heteroatoms. The number of anilines is 1. The van der Waals surface area contributed by atoms with Crippen molar-refractivity contribution >= 4 is 11.5 Å². The van der Waals surface area contributed by atoms with Gasteiger partial charge in [0.05, 0.1) is 11.0 Å². The highest BCUT2D eigenvalue weighted by molar-refractivity contribution is 5.49. The Morgan fingerprint density at radius 2 is 2.16 bits per heavy atom. The van der Waals surface area contributed by atoms with Crippen LogP contribution in [-0.4, -0.2) is 22.6 Å². The lowest BCUT2D eigenvalue weighted by molar-refractivity contribution is -0.386. The zero-order valence-corrected chi connectivity index (χ0v) is 11.7. The van der Waals surface area contributed by atoms with Crippen LogP contribution in [0.1, 0.15) is 40.0 Å². The molecule has 0 saturated heterocycles. The van der Waals surface area contributed by atoms with Crippen LogP contribution >= 0.6 is 0 Å². The molecule has 106 valence electrons. The molecule has 1 rings (SSSR count). The molecule has 0 aliphatic carbocycles. The quantitative estimate of drug-likeness (QED) is 0.577. The molecular weight excluding hydrogens is 246 g/mol. The average Bonchev–Trinajstić information content (AvgIpc) is 2.36. The van der Waals surface area contributed by atoms with E-state index in [1.54, 1.807) is 6.07 Å². The Balaban J connectivity index is 2.91. The number of rotatable bonds is 8. The topological polar surface area (TPSA) is 77.3 Å². The first-order valence-corrected chi connectivity index (χ1v) is 6.64. The van der Waals surface area contributed by atoms with Crippen LogP contribution in [0.2, 0.25) is 0 Å². The van der Waals surface area contributed by atoms with Crippen LogP contribution in [0, 0.1) is 10.1 Å². The molecule has 1 unspecified atom stereocenters. The van der Waals surface area contributed by atoms with Crippen LogP contribution in [0.25, 0.3) is 0 Å². The molecule has 19 heavy (non-hydrogen) atoms. The van der Waals surface area contributed by atoms with E-state index in [0.29, 0.717) is 5.82 Å². The second-order valence-electron chi connectivity index (χ2n) is 4.42. The molecule has 0 radical (unpaired) electrons. The lowest BCUT2D eigenvalue weighted by Gasteiger charge is -2.13. The second kappa shape index (κ2) is 7.56. The highest BCUT2D eigenvalue weighted by atomic mass is 16.6. The van der Waals surface area contributed by atoms with Gasteiger partial charge in [-0.25, -0.2) is 0 Å². The van der Waals surface area contributed by atoms with Gasteiger partial charge < -0.3 is 10.1 Å². The Hall–Kier alpha value is -1.85. The van der Waals surface area contributed by atoms with Gasteiger partial charge in [0.15, 0.2) is 0 Å². The molecule has 1 heterocycles. The Morgan fingerprint density at radius 3 is 2.74 bits per heavy atom. The van der Waals surface area contributed by atoms with E-state index < -0.39 is 4.92 Å². The van der Waals surface area contributed by atoms with Crippen LogP contribution in [-0.2, 0) is 0 Å². The summed E-state index contributed by atoms with van der Waals surface area (Å²) < 4.78 is 5.58. The van der Waals surface area contributed by atoms with E-state index in [1.807, 2.05) is 20.8 Å². The molecule has 1 aromatic rings. The smallest absolute Gasteiger partial charge is 0.331 e. The second-order valence-corrected chi connectivity index (χ2v) is 4.42. The van der Waals surface area contributed by atoms with Crippen LogP contribution in [0.3, 0.4) is 0 Å². The first-order chi connectivity index (χ1) is 9.08. The zero-order valence-electron chi connectivity index (χ0n) is 11.7. The predicted molar refractivity (Wildman–Crippen MR) is 74.7 cm³/mol. The standard InChI is InChI=1S/C13H21N3O3/c1-4-6-10(3)19-13-11(16(17)18)7-8-12(15-13)14-9-5-2/h7-8,10H,4-6,9H2,1-3H3,(H,14,15). The van der Waals surface area contributed by atoms with E-state index >= 15 is 0 Å². The summed E-state index contributed by atoms with van der Waals surface area (Å²) >= 11 is 0. The molecule has 0 fully saturated rings. The van der Waals surface area contributed by atoms with E-state index in [1.165, 1.54) is 6.07 Å².